The lowest BCUT2D eigenvalue weighted by Crippen LogP contribution is -2.12. The third-order valence-corrected chi connectivity index (χ3v) is 4.12. The van der Waals surface area contributed by atoms with Gasteiger partial charge < -0.3 is 9.47 Å². The van der Waals surface area contributed by atoms with E-state index >= 15 is 0 Å². The summed E-state index contributed by atoms with van der Waals surface area (Å²) in [5.74, 6) is -0.300. The number of ketones is 1. The predicted octanol–water partition coefficient (Wildman–Crippen LogP) is 3.94. The van der Waals surface area contributed by atoms with Gasteiger partial charge in [-0.3, -0.25) is 4.79 Å². The van der Waals surface area contributed by atoms with Gasteiger partial charge in [0.05, 0.1) is 25.0 Å². The third kappa shape index (κ3) is 4.01. The van der Waals surface area contributed by atoms with Crippen LogP contribution in [0.25, 0.3) is 5.69 Å². The van der Waals surface area contributed by atoms with Gasteiger partial charge in [0.1, 0.15) is 5.75 Å². The van der Waals surface area contributed by atoms with Gasteiger partial charge in [-0.05, 0) is 55.5 Å². The van der Waals surface area contributed by atoms with E-state index in [0.717, 1.165) is 0 Å². The lowest BCUT2D eigenvalue weighted by atomic mass is 10.0. The Morgan fingerprint density at radius 2 is 1.74 bits per heavy atom. The number of ether oxygens (including phenoxy) is 2. The molecule has 0 radical (unpaired) electrons. The smallest absolute Gasteiger partial charge is 0.359 e. The summed E-state index contributed by atoms with van der Waals surface area (Å²) in [5, 5.41) is 4.79. The molecular formula is C20H17ClN2O4. The van der Waals surface area contributed by atoms with Crippen LogP contribution in [0.4, 0.5) is 0 Å². The minimum absolute atomic E-state index is 0.0346. The fourth-order valence-corrected chi connectivity index (χ4v) is 2.64. The lowest BCUT2D eigenvalue weighted by Gasteiger charge is -2.03. The van der Waals surface area contributed by atoms with Crippen LogP contribution in [-0.4, -0.2) is 35.2 Å². The van der Waals surface area contributed by atoms with Crippen LogP contribution in [0, 0.1) is 0 Å². The Morgan fingerprint density at radius 3 is 2.33 bits per heavy atom. The van der Waals surface area contributed by atoms with Gasteiger partial charge in [0.25, 0.3) is 0 Å². The van der Waals surface area contributed by atoms with E-state index in [9.17, 15) is 9.59 Å². The van der Waals surface area contributed by atoms with E-state index in [1.807, 2.05) is 0 Å². The summed E-state index contributed by atoms with van der Waals surface area (Å²) in [5.41, 5.74) is 1.20. The Bertz CT molecular complexity index is 963. The van der Waals surface area contributed by atoms with Crippen LogP contribution in [0.2, 0.25) is 5.02 Å². The summed E-state index contributed by atoms with van der Waals surface area (Å²) in [6.45, 7) is 1.88. The van der Waals surface area contributed by atoms with E-state index in [-0.39, 0.29) is 23.6 Å². The Balaban J connectivity index is 2.04. The van der Waals surface area contributed by atoms with Crippen LogP contribution in [0.5, 0.6) is 5.75 Å². The Labute approximate surface area is 161 Å². The quantitative estimate of drug-likeness (QED) is 0.475. The number of hydrogen-bond donors (Lipinski definition) is 0. The van der Waals surface area contributed by atoms with Crippen molar-refractivity contribution < 1.29 is 19.1 Å². The van der Waals surface area contributed by atoms with Crippen LogP contribution < -0.4 is 4.74 Å². The first-order valence-corrected chi connectivity index (χ1v) is 8.62. The molecule has 6 nitrogen and oxygen atoms in total. The highest BCUT2D eigenvalue weighted by Crippen LogP contribution is 2.20. The highest BCUT2D eigenvalue weighted by molar-refractivity contribution is 6.30. The number of carbonyl (C=O) groups is 2. The van der Waals surface area contributed by atoms with Gasteiger partial charge in [-0.25, -0.2) is 9.48 Å². The minimum Gasteiger partial charge on any atom is -0.497 e. The topological polar surface area (TPSA) is 70.4 Å². The molecule has 0 N–H and O–H groups in total. The summed E-state index contributed by atoms with van der Waals surface area (Å²) < 4.78 is 11.7. The number of hydrogen-bond acceptors (Lipinski definition) is 5. The van der Waals surface area contributed by atoms with E-state index in [0.29, 0.717) is 22.0 Å². The molecule has 7 heteroatoms. The van der Waals surface area contributed by atoms with Gasteiger partial charge >= 0.3 is 5.97 Å². The molecule has 27 heavy (non-hydrogen) atoms. The third-order valence-electron chi connectivity index (χ3n) is 3.87. The Morgan fingerprint density at radius 1 is 1.07 bits per heavy atom. The average Bonchev–Trinajstić information content (AvgIpc) is 3.14. The standard InChI is InChI=1S/C20H17ClN2O4/c1-3-27-20(25)18-17(19(24)13-4-6-14(21)7-5-13)12-23(22-18)15-8-10-16(26-2)11-9-15/h4-12H,3H2,1-2H3. The van der Waals surface area contributed by atoms with Gasteiger partial charge in [-0.15, -0.1) is 0 Å². The molecule has 1 aromatic heterocycles. The van der Waals surface area contributed by atoms with E-state index in [2.05, 4.69) is 5.10 Å². The number of aromatic nitrogens is 2. The van der Waals surface area contributed by atoms with E-state index in [1.54, 1.807) is 62.6 Å². The van der Waals surface area contributed by atoms with Crippen molar-refractivity contribution in [1.29, 1.82) is 0 Å². The second-order valence-corrected chi connectivity index (χ2v) is 6.03. The van der Waals surface area contributed by atoms with Crippen molar-refractivity contribution >= 4 is 23.4 Å². The zero-order valence-electron chi connectivity index (χ0n) is 14.8. The van der Waals surface area contributed by atoms with Crippen LogP contribution >= 0.6 is 11.6 Å². The largest absolute Gasteiger partial charge is 0.497 e. The fourth-order valence-electron chi connectivity index (χ4n) is 2.51. The molecule has 0 amide bonds. The van der Waals surface area contributed by atoms with Gasteiger partial charge in [0.15, 0.2) is 11.5 Å². The normalized spacial score (nSPS) is 10.5. The molecule has 0 fully saturated rings. The molecule has 3 rings (SSSR count). The van der Waals surface area contributed by atoms with Crippen molar-refractivity contribution in [2.24, 2.45) is 0 Å². The molecule has 138 valence electrons. The molecule has 0 bridgehead atoms. The molecule has 0 unspecified atom stereocenters. The summed E-state index contributed by atoms with van der Waals surface area (Å²) in [7, 11) is 1.57. The molecular weight excluding hydrogens is 368 g/mol. The second kappa shape index (κ2) is 8.05. The number of methoxy groups -OCH3 is 1. The van der Waals surface area contributed by atoms with Crippen molar-refractivity contribution in [3.63, 3.8) is 0 Å². The molecule has 0 aliphatic carbocycles. The fraction of sp³-hybridized carbons (Fsp3) is 0.150. The number of esters is 1. The highest BCUT2D eigenvalue weighted by atomic mass is 35.5. The van der Waals surface area contributed by atoms with Crippen LogP contribution in [0.15, 0.2) is 54.7 Å². The number of carbonyl (C=O) groups excluding carboxylic acids is 2. The summed E-state index contributed by atoms with van der Waals surface area (Å²) >= 11 is 5.88. The molecule has 3 aromatic rings. The average molecular weight is 385 g/mol. The molecule has 0 aliphatic rings. The highest BCUT2D eigenvalue weighted by Gasteiger charge is 2.24. The minimum atomic E-state index is -0.651. The number of benzene rings is 2. The van der Waals surface area contributed by atoms with Crippen molar-refractivity contribution in [3.05, 3.63) is 76.6 Å². The maximum absolute atomic E-state index is 12.9. The van der Waals surface area contributed by atoms with Crippen molar-refractivity contribution in [2.45, 2.75) is 6.92 Å². The van der Waals surface area contributed by atoms with Gasteiger partial charge in [-0.1, -0.05) is 11.6 Å². The molecule has 1 heterocycles. The van der Waals surface area contributed by atoms with E-state index < -0.39 is 5.97 Å². The predicted molar refractivity (Wildman–Crippen MR) is 101 cm³/mol. The SMILES string of the molecule is CCOC(=O)c1nn(-c2ccc(OC)cc2)cc1C(=O)c1ccc(Cl)cc1. The van der Waals surface area contributed by atoms with Crippen LogP contribution in [0.3, 0.4) is 0 Å². The first-order chi connectivity index (χ1) is 13.0. The maximum atomic E-state index is 12.9. The number of rotatable bonds is 6. The molecule has 0 saturated carbocycles. The van der Waals surface area contributed by atoms with Crippen molar-refractivity contribution in [3.8, 4) is 11.4 Å². The van der Waals surface area contributed by atoms with Crippen molar-refractivity contribution in [2.75, 3.05) is 13.7 Å². The Kier molecular flexibility index (Phi) is 5.57. The zero-order chi connectivity index (χ0) is 19.4. The summed E-state index contributed by atoms with van der Waals surface area (Å²) in [6, 6.07) is 13.5. The number of nitrogens with zero attached hydrogens (tertiary/aromatic N) is 2. The van der Waals surface area contributed by atoms with Gasteiger partial charge in [0.2, 0.25) is 0 Å². The van der Waals surface area contributed by atoms with Crippen molar-refractivity contribution in [1.82, 2.24) is 9.78 Å². The number of halogens is 1. The summed E-state index contributed by atoms with van der Waals surface area (Å²) in [6.07, 6.45) is 1.52. The molecule has 2 aromatic carbocycles. The molecule has 0 spiro atoms. The first kappa shape index (κ1) is 18.7. The molecule has 0 saturated heterocycles. The Hall–Kier alpha value is -3.12. The lowest BCUT2D eigenvalue weighted by molar-refractivity contribution is 0.0516. The van der Waals surface area contributed by atoms with E-state index in [4.69, 9.17) is 21.1 Å². The van der Waals surface area contributed by atoms with Gasteiger partial charge in [0, 0.05) is 16.8 Å². The summed E-state index contributed by atoms with van der Waals surface area (Å²) in [4.78, 5) is 25.2. The first-order valence-electron chi connectivity index (χ1n) is 8.25. The maximum Gasteiger partial charge on any atom is 0.359 e. The van der Waals surface area contributed by atoms with Crippen LogP contribution in [0.1, 0.15) is 33.3 Å². The van der Waals surface area contributed by atoms with Crippen LogP contribution in [-0.2, 0) is 4.74 Å². The monoisotopic (exact) mass is 384 g/mol. The zero-order valence-corrected chi connectivity index (χ0v) is 15.6. The van der Waals surface area contributed by atoms with Gasteiger partial charge in [-0.2, -0.15) is 5.10 Å². The second-order valence-electron chi connectivity index (χ2n) is 5.59. The molecule has 0 aliphatic heterocycles. The molecule has 0 atom stereocenters. The van der Waals surface area contributed by atoms with E-state index in [1.165, 1.54) is 10.9 Å².